The van der Waals surface area contributed by atoms with Crippen LogP contribution in [-0.2, 0) is 4.79 Å². The van der Waals surface area contributed by atoms with Gasteiger partial charge in [0.25, 0.3) is 6.43 Å². The number of carbonyl (C=O) groups is 2. The number of hydrogen-bond donors (Lipinski definition) is 0. The Labute approximate surface area is 97.4 Å². The molecule has 92 valence electrons. The van der Waals surface area contributed by atoms with E-state index in [0.717, 1.165) is 0 Å². The highest BCUT2D eigenvalue weighted by atomic mass is 19.3. The molecule has 1 aromatic rings. The molecule has 0 aliphatic heterocycles. The normalized spacial score (nSPS) is 10.4. The number of ketones is 2. The van der Waals surface area contributed by atoms with Crippen LogP contribution in [0.5, 0.6) is 5.75 Å². The van der Waals surface area contributed by atoms with Gasteiger partial charge in [0.15, 0.2) is 5.78 Å². The average Bonchev–Trinajstić information content (AvgIpc) is 2.29. The van der Waals surface area contributed by atoms with Crippen LogP contribution in [0.2, 0.25) is 0 Å². The summed E-state index contributed by atoms with van der Waals surface area (Å²) in [7, 11) is 0. The van der Waals surface area contributed by atoms with Crippen LogP contribution in [0.4, 0.5) is 8.78 Å². The van der Waals surface area contributed by atoms with Gasteiger partial charge in [0.05, 0.1) is 13.0 Å². The van der Waals surface area contributed by atoms with Gasteiger partial charge in [-0.25, -0.2) is 8.78 Å². The summed E-state index contributed by atoms with van der Waals surface area (Å²) < 4.78 is 29.1. The van der Waals surface area contributed by atoms with E-state index in [9.17, 15) is 18.4 Å². The van der Waals surface area contributed by atoms with Gasteiger partial charge in [-0.1, -0.05) is 12.1 Å². The second kappa shape index (κ2) is 6.08. The van der Waals surface area contributed by atoms with E-state index in [4.69, 9.17) is 4.74 Å². The van der Waals surface area contributed by atoms with E-state index in [1.165, 1.54) is 12.1 Å². The predicted octanol–water partition coefficient (Wildman–Crippen LogP) is 2.49. The van der Waals surface area contributed by atoms with Gasteiger partial charge in [0, 0.05) is 5.56 Å². The number of ether oxygens (including phenoxy) is 1. The third-order valence-corrected chi connectivity index (χ3v) is 2.05. The van der Waals surface area contributed by atoms with E-state index in [1.807, 2.05) is 0 Å². The van der Waals surface area contributed by atoms with Crippen molar-refractivity contribution in [3.8, 4) is 5.75 Å². The third kappa shape index (κ3) is 3.94. The molecule has 0 radical (unpaired) electrons. The molecule has 1 aromatic carbocycles. The van der Waals surface area contributed by atoms with Gasteiger partial charge < -0.3 is 4.74 Å². The van der Waals surface area contributed by atoms with Crippen molar-refractivity contribution >= 4 is 11.6 Å². The molecule has 0 saturated heterocycles. The van der Waals surface area contributed by atoms with Crippen molar-refractivity contribution in [2.24, 2.45) is 0 Å². The van der Waals surface area contributed by atoms with Crippen molar-refractivity contribution in [2.45, 2.75) is 19.8 Å². The monoisotopic (exact) mass is 242 g/mol. The fraction of sp³-hybridized carbons (Fsp3) is 0.333. The van der Waals surface area contributed by atoms with Crippen LogP contribution in [0.3, 0.4) is 0 Å². The van der Waals surface area contributed by atoms with Crippen molar-refractivity contribution in [3.63, 3.8) is 0 Å². The Morgan fingerprint density at radius 3 is 2.65 bits per heavy atom. The molecule has 0 atom stereocenters. The minimum absolute atomic E-state index is 0.199. The highest BCUT2D eigenvalue weighted by molar-refractivity contribution is 6.08. The summed E-state index contributed by atoms with van der Waals surface area (Å²) in [5.41, 5.74) is 0.199. The maximum Gasteiger partial charge on any atom is 0.296 e. The summed E-state index contributed by atoms with van der Waals surface area (Å²) in [6.07, 6.45) is -3.89. The van der Waals surface area contributed by atoms with E-state index in [1.54, 1.807) is 19.1 Å². The molecule has 0 spiro atoms. The molecule has 0 aromatic heterocycles. The van der Waals surface area contributed by atoms with Gasteiger partial charge in [0.1, 0.15) is 5.75 Å². The summed E-state index contributed by atoms with van der Waals surface area (Å²) in [4.78, 5) is 22.2. The lowest BCUT2D eigenvalue weighted by Crippen LogP contribution is -2.15. The van der Waals surface area contributed by atoms with E-state index >= 15 is 0 Å². The van der Waals surface area contributed by atoms with Gasteiger partial charge in [-0.3, -0.25) is 9.59 Å². The van der Waals surface area contributed by atoms with Crippen LogP contribution in [0, 0.1) is 0 Å². The molecule has 5 heteroatoms. The fourth-order valence-electron chi connectivity index (χ4n) is 1.26. The lowest BCUT2D eigenvalue weighted by atomic mass is 10.1. The Bertz CT molecular complexity index is 416. The van der Waals surface area contributed by atoms with Crippen molar-refractivity contribution < 1.29 is 23.1 Å². The van der Waals surface area contributed by atoms with Gasteiger partial charge >= 0.3 is 0 Å². The number of carbonyl (C=O) groups excluding carboxylic acids is 2. The molecule has 0 bridgehead atoms. The Kier molecular flexibility index (Phi) is 4.75. The maximum absolute atomic E-state index is 12.0. The second-order valence-electron chi connectivity index (χ2n) is 3.33. The minimum Gasteiger partial charge on any atom is -0.494 e. The molecule has 0 fully saturated rings. The number of rotatable bonds is 6. The largest absolute Gasteiger partial charge is 0.494 e. The third-order valence-electron chi connectivity index (χ3n) is 2.05. The number of alkyl halides is 2. The van der Waals surface area contributed by atoms with Crippen LogP contribution in [0.15, 0.2) is 24.3 Å². The predicted molar refractivity (Wildman–Crippen MR) is 57.6 cm³/mol. The smallest absolute Gasteiger partial charge is 0.296 e. The molecule has 17 heavy (non-hydrogen) atoms. The second-order valence-corrected chi connectivity index (χ2v) is 3.33. The van der Waals surface area contributed by atoms with Crippen LogP contribution in [-0.4, -0.2) is 24.6 Å². The number of Topliss-reactive ketones (excluding diaryl/α,β-unsaturated/α-hetero) is 2. The first-order valence-corrected chi connectivity index (χ1v) is 5.11. The summed E-state index contributed by atoms with van der Waals surface area (Å²) >= 11 is 0. The highest BCUT2D eigenvalue weighted by Gasteiger charge is 2.20. The van der Waals surface area contributed by atoms with E-state index < -0.39 is 24.4 Å². The molecular weight excluding hydrogens is 230 g/mol. The summed E-state index contributed by atoms with van der Waals surface area (Å²) in [5, 5.41) is 0. The molecule has 0 aliphatic rings. The molecule has 0 aliphatic carbocycles. The molecule has 0 heterocycles. The highest BCUT2D eigenvalue weighted by Crippen LogP contribution is 2.15. The Morgan fingerprint density at radius 1 is 1.35 bits per heavy atom. The number of hydrogen-bond acceptors (Lipinski definition) is 3. The average molecular weight is 242 g/mol. The topological polar surface area (TPSA) is 43.4 Å². The molecule has 0 unspecified atom stereocenters. The Morgan fingerprint density at radius 2 is 2.06 bits per heavy atom. The summed E-state index contributed by atoms with van der Waals surface area (Å²) in [6, 6.07) is 6.12. The van der Waals surface area contributed by atoms with Crippen molar-refractivity contribution in [2.75, 3.05) is 6.61 Å². The zero-order valence-electron chi connectivity index (χ0n) is 9.28. The van der Waals surface area contributed by atoms with Crippen molar-refractivity contribution in [3.05, 3.63) is 29.8 Å². The zero-order chi connectivity index (χ0) is 12.8. The molecule has 3 nitrogen and oxygen atoms in total. The van der Waals surface area contributed by atoms with Crippen LogP contribution < -0.4 is 4.74 Å². The van der Waals surface area contributed by atoms with Crippen LogP contribution >= 0.6 is 0 Å². The van der Waals surface area contributed by atoms with Crippen LogP contribution in [0.1, 0.15) is 23.7 Å². The number of benzene rings is 1. The van der Waals surface area contributed by atoms with E-state index in [2.05, 4.69) is 0 Å². The molecule has 1 rings (SSSR count). The summed E-state index contributed by atoms with van der Waals surface area (Å²) in [6.45, 7) is 2.22. The zero-order valence-corrected chi connectivity index (χ0v) is 9.28. The first kappa shape index (κ1) is 13.3. The molecular formula is C12H12F2O3. The van der Waals surface area contributed by atoms with Gasteiger partial charge in [-0.2, -0.15) is 0 Å². The standard InChI is InChI=1S/C12H12F2O3/c1-2-17-9-5-3-4-8(6-9)10(15)7-11(16)12(13)14/h3-6,12H,2,7H2,1H3. The molecule has 0 saturated carbocycles. The lowest BCUT2D eigenvalue weighted by Gasteiger charge is -2.05. The maximum atomic E-state index is 12.0. The Balaban J connectivity index is 2.75. The van der Waals surface area contributed by atoms with E-state index in [-0.39, 0.29) is 5.56 Å². The lowest BCUT2D eigenvalue weighted by molar-refractivity contribution is -0.128. The van der Waals surface area contributed by atoms with Gasteiger partial charge in [-0.05, 0) is 19.1 Å². The van der Waals surface area contributed by atoms with E-state index in [0.29, 0.717) is 12.4 Å². The first-order valence-electron chi connectivity index (χ1n) is 5.11. The Hall–Kier alpha value is -1.78. The van der Waals surface area contributed by atoms with Crippen molar-refractivity contribution in [1.29, 1.82) is 0 Å². The van der Waals surface area contributed by atoms with Gasteiger partial charge in [-0.15, -0.1) is 0 Å². The SMILES string of the molecule is CCOc1cccc(C(=O)CC(=O)C(F)F)c1. The number of halogens is 2. The van der Waals surface area contributed by atoms with Crippen molar-refractivity contribution in [1.82, 2.24) is 0 Å². The first-order chi connectivity index (χ1) is 8.04. The molecule has 0 amide bonds. The van der Waals surface area contributed by atoms with Gasteiger partial charge in [0.2, 0.25) is 5.78 Å². The minimum atomic E-state index is -3.10. The summed E-state index contributed by atoms with van der Waals surface area (Å²) in [5.74, 6) is -1.52. The fourth-order valence-corrected chi connectivity index (χ4v) is 1.26. The quantitative estimate of drug-likeness (QED) is 0.568. The molecule has 0 N–H and O–H groups in total. The van der Waals surface area contributed by atoms with Crippen LogP contribution in [0.25, 0.3) is 0 Å².